The minimum Gasteiger partial charge on any atom is -0.202 e. The van der Waals surface area contributed by atoms with E-state index in [2.05, 4.69) is 0 Å². The zero-order chi connectivity index (χ0) is 5.11. The monoisotopic (exact) mass is 114 g/mol. The molecule has 0 aliphatic carbocycles. The van der Waals surface area contributed by atoms with Gasteiger partial charge in [0.05, 0.1) is 0 Å². The third-order valence-electron chi connectivity index (χ3n) is 0.629. The molecule has 0 atom stereocenters. The van der Waals surface area contributed by atoms with Crippen molar-refractivity contribution < 1.29 is 4.39 Å². The maximum Gasteiger partial charge on any atom is 0.149 e. The molecule has 0 spiro atoms. The van der Waals surface area contributed by atoms with Gasteiger partial charge in [0.2, 0.25) is 0 Å². The maximum absolute atomic E-state index is 11.9. The molecule has 7 heavy (non-hydrogen) atoms. The SMILES string of the molecule is Fc1ccccp1. The molecule has 0 radical (unpaired) electrons. The van der Waals surface area contributed by atoms with Crippen molar-refractivity contribution in [3.8, 4) is 0 Å². The third-order valence-corrected chi connectivity index (χ3v) is 1.35. The second kappa shape index (κ2) is 2.04. The first-order chi connectivity index (χ1) is 3.39. The standard InChI is InChI=1S/C5H4FP/c6-5-3-1-2-4-7-5/h1-4H. The van der Waals surface area contributed by atoms with E-state index in [1.807, 2.05) is 6.07 Å². The van der Waals surface area contributed by atoms with Crippen LogP contribution in [0.3, 0.4) is 0 Å². The molecule has 0 aromatic carbocycles. The van der Waals surface area contributed by atoms with Crippen LogP contribution in [0.25, 0.3) is 0 Å². The smallest absolute Gasteiger partial charge is 0.149 e. The van der Waals surface area contributed by atoms with Crippen molar-refractivity contribution in [3.05, 3.63) is 29.5 Å². The normalized spacial score (nSPS) is 9.86. The molecule has 0 amide bonds. The molecular weight excluding hydrogens is 110 g/mol. The average molecular weight is 114 g/mol. The topological polar surface area (TPSA) is 0 Å². The number of hydrogen-bond donors (Lipinski definition) is 0. The highest BCUT2D eigenvalue weighted by Crippen LogP contribution is 2.07. The molecule has 0 fully saturated rings. The number of halogens is 1. The molecule has 0 unspecified atom stereocenters. The Morgan fingerprint density at radius 2 is 2.29 bits per heavy atom. The summed E-state index contributed by atoms with van der Waals surface area (Å²) < 4.78 is 11.9. The Bertz CT molecular complexity index is 138. The van der Waals surface area contributed by atoms with Crippen molar-refractivity contribution in [1.29, 1.82) is 0 Å². The van der Waals surface area contributed by atoms with Gasteiger partial charge in [0, 0.05) is 0 Å². The zero-order valence-electron chi connectivity index (χ0n) is 3.63. The molecule has 1 aromatic heterocycles. The fourth-order valence-corrected chi connectivity index (χ4v) is 0.842. The lowest BCUT2D eigenvalue weighted by molar-refractivity contribution is 0.656. The van der Waals surface area contributed by atoms with Crippen molar-refractivity contribution in [1.82, 2.24) is 0 Å². The summed E-state index contributed by atoms with van der Waals surface area (Å²) in [5.41, 5.74) is -0.0810. The molecule has 1 rings (SSSR count). The first-order valence-electron chi connectivity index (χ1n) is 1.96. The molecule has 0 aliphatic rings. The number of hydrogen-bond acceptors (Lipinski definition) is 0. The Hall–Kier alpha value is -0.420. The highest BCUT2D eigenvalue weighted by atomic mass is 31.0. The first kappa shape index (κ1) is 4.73. The van der Waals surface area contributed by atoms with Gasteiger partial charge in [-0.3, -0.25) is 0 Å². The van der Waals surface area contributed by atoms with Gasteiger partial charge in [-0.1, -0.05) is 12.1 Å². The van der Waals surface area contributed by atoms with Gasteiger partial charge in [0.25, 0.3) is 0 Å². The Morgan fingerprint density at radius 3 is 2.57 bits per heavy atom. The molecule has 0 nitrogen and oxygen atoms in total. The van der Waals surface area contributed by atoms with Gasteiger partial charge >= 0.3 is 0 Å². The molecule has 1 heterocycles. The van der Waals surface area contributed by atoms with Crippen LogP contribution in [-0.4, -0.2) is 0 Å². The van der Waals surface area contributed by atoms with E-state index in [9.17, 15) is 4.39 Å². The van der Waals surface area contributed by atoms with Crippen LogP contribution in [-0.2, 0) is 0 Å². The van der Waals surface area contributed by atoms with E-state index in [1.54, 1.807) is 11.9 Å². The second-order valence-corrected chi connectivity index (χ2v) is 2.14. The predicted octanol–water partition coefficient (Wildman–Crippen LogP) is 2.41. The van der Waals surface area contributed by atoms with Gasteiger partial charge in [-0.15, -0.1) is 0 Å². The summed E-state index contributed by atoms with van der Waals surface area (Å²) in [5.74, 6) is 1.76. The maximum atomic E-state index is 11.9. The molecule has 0 saturated carbocycles. The van der Waals surface area contributed by atoms with Crippen molar-refractivity contribution >= 4 is 8.19 Å². The lowest BCUT2D eigenvalue weighted by Crippen LogP contribution is -1.55. The van der Waals surface area contributed by atoms with Crippen LogP contribution in [0.5, 0.6) is 0 Å². The summed E-state index contributed by atoms with van der Waals surface area (Å²) in [6.07, 6.45) is 0. The van der Waals surface area contributed by atoms with Crippen LogP contribution in [0.4, 0.5) is 4.39 Å². The zero-order valence-corrected chi connectivity index (χ0v) is 4.53. The van der Waals surface area contributed by atoms with E-state index >= 15 is 0 Å². The van der Waals surface area contributed by atoms with E-state index in [0.29, 0.717) is 8.19 Å². The average Bonchev–Trinajstić information content (AvgIpc) is 1.69. The molecule has 36 valence electrons. The molecule has 0 bridgehead atoms. The van der Waals surface area contributed by atoms with Gasteiger partial charge in [-0.2, -0.15) is 0 Å². The Kier molecular flexibility index (Phi) is 1.38. The van der Waals surface area contributed by atoms with Crippen LogP contribution >= 0.6 is 8.19 Å². The molecular formula is C5H4FP. The predicted molar refractivity (Wildman–Crippen MR) is 28.9 cm³/mol. The summed E-state index contributed by atoms with van der Waals surface area (Å²) >= 11 is 0. The van der Waals surface area contributed by atoms with E-state index < -0.39 is 0 Å². The van der Waals surface area contributed by atoms with E-state index in [1.165, 1.54) is 6.07 Å². The molecule has 0 saturated heterocycles. The molecule has 1 aromatic rings. The van der Waals surface area contributed by atoms with Crippen LogP contribution in [0.15, 0.2) is 24.0 Å². The highest BCUT2D eigenvalue weighted by molar-refractivity contribution is 7.28. The fraction of sp³-hybridized carbons (Fsp3) is 0. The minimum absolute atomic E-state index is 0.0810. The van der Waals surface area contributed by atoms with Gasteiger partial charge in [-0.25, -0.2) is 4.39 Å². The van der Waals surface area contributed by atoms with Gasteiger partial charge in [-0.05, 0) is 20.1 Å². The quantitative estimate of drug-likeness (QED) is 0.485. The van der Waals surface area contributed by atoms with Crippen molar-refractivity contribution in [2.24, 2.45) is 0 Å². The Labute approximate surface area is 43.1 Å². The van der Waals surface area contributed by atoms with Crippen molar-refractivity contribution in [3.63, 3.8) is 0 Å². The third kappa shape index (κ3) is 1.24. The minimum atomic E-state index is -0.0810. The molecule has 0 N–H and O–H groups in total. The number of rotatable bonds is 0. The van der Waals surface area contributed by atoms with Crippen LogP contribution in [0, 0.1) is 5.55 Å². The Morgan fingerprint density at radius 1 is 1.43 bits per heavy atom. The van der Waals surface area contributed by atoms with Crippen LogP contribution in [0.2, 0.25) is 0 Å². The van der Waals surface area contributed by atoms with Gasteiger partial charge in [0.15, 0.2) is 0 Å². The van der Waals surface area contributed by atoms with Gasteiger partial charge in [0.1, 0.15) is 5.55 Å². The largest absolute Gasteiger partial charge is 0.202 e. The van der Waals surface area contributed by atoms with Crippen molar-refractivity contribution in [2.45, 2.75) is 0 Å². The summed E-state index contributed by atoms with van der Waals surface area (Å²) in [6, 6.07) is 4.97. The highest BCUT2D eigenvalue weighted by Gasteiger charge is 1.78. The van der Waals surface area contributed by atoms with E-state index in [0.717, 1.165) is 0 Å². The lowest BCUT2D eigenvalue weighted by Gasteiger charge is -1.77. The Balaban J connectivity index is 3.02. The van der Waals surface area contributed by atoms with E-state index in [4.69, 9.17) is 0 Å². The fourth-order valence-electron chi connectivity index (χ4n) is 0.342. The van der Waals surface area contributed by atoms with Crippen molar-refractivity contribution in [2.75, 3.05) is 0 Å². The summed E-state index contributed by atoms with van der Waals surface area (Å²) in [7, 11) is 0.679. The first-order valence-corrected chi connectivity index (χ1v) is 2.92. The van der Waals surface area contributed by atoms with E-state index in [-0.39, 0.29) is 5.55 Å². The molecule has 0 aliphatic heterocycles. The van der Waals surface area contributed by atoms with Crippen LogP contribution in [0.1, 0.15) is 0 Å². The van der Waals surface area contributed by atoms with Crippen LogP contribution < -0.4 is 0 Å². The summed E-state index contributed by atoms with van der Waals surface area (Å²) in [4.78, 5) is 0. The summed E-state index contributed by atoms with van der Waals surface area (Å²) in [6.45, 7) is 0. The molecule has 2 heteroatoms. The lowest BCUT2D eigenvalue weighted by atomic mass is 10.6. The summed E-state index contributed by atoms with van der Waals surface area (Å²) in [5, 5.41) is 0. The second-order valence-electron chi connectivity index (χ2n) is 1.15. The van der Waals surface area contributed by atoms with Gasteiger partial charge < -0.3 is 0 Å².